The first-order chi connectivity index (χ1) is 7.54. The van der Waals surface area contributed by atoms with Crippen LogP contribution in [-0.4, -0.2) is 35.1 Å². The molecular weight excluding hydrogens is 206 g/mol. The summed E-state index contributed by atoms with van der Waals surface area (Å²) in [5, 5.41) is 4.31. The molecule has 3 unspecified atom stereocenters. The molecule has 1 aromatic heterocycles. The zero-order valence-corrected chi connectivity index (χ0v) is 10.2. The van der Waals surface area contributed by atoms with Crippen molar-refractivity contribution in [3.63, 3.8) is 0 Å². The molecule has 16 heavy (non-hydrogen) atoms. The van der Waals surface area contributed by atoms with Crippen LogP contribution in [0, 0.1) is 13.8 Å². The number of ether oxygens (including phenoxy) is 2. The lowest BCUT2D eigenvalue weighted by molar-refractivity contribution is -0.0786. The zero-order chi connectivity index (χ0) is 11.9. The van der Waals surface area contributed by atoms with Crippen LogP contribution in [0.25, 0.3) is 0 Å². The molecule has 3 atom stereocenters. The van der Waals surface area contributed by atoms with Gasteiger partial charge >= 0.3 is 0 Å². The van der Waals surface area contributed by atoms with Gasteiger partial charge in [0.05, 0.1) is 5.69 Å². The van der Waals surface area contributed by atoms with Crippen molar-refractivity contribution in [1.82, 2.24) is 9.78 Å². The Morgan fingerprint density at radius 2 is 2.12 bits per heavy atom. The van der Waals surface area contributed by atoms with Crippen LogP contribution in [0.3, 0.4) is 0 Å². The first kappa shape index (κ1) is 11.4. The van der Waals surface area contributed by atoms with Gasteiger partial charge in [0, 0.05) is 26.6 Å². The normalized spacial score (nSPS) is 28.9. The molecule has 2 N–H and O–H groups in total. The van der Waals surface area contributed by atoms with Crippen molar-refractivity contribution in [3.8, 4) is 5.75 Å². The third kappa shape index (κ3) is 1.70. The Hall–Kier alpha value is -1.07. The predicted molar refractivity (Wildman–Crippen MR) is 60.5 cm³/mol. The van der Waals surface area contributed by atoms with E-state index in [-0.39, 0.29) is 18.2 Å². The Morgan fingerprint density at radius 3 is 2.56 bits per heavy atom. The number of aryl methyl sites for hydroxylation is 2. The molecule has 0 aliphatic heterocycles. The highest BCUT2D eigenvalue weighted by Gasteiger charge is 2.41. The molecule has 5 heteroatoms. The molecule has 5 nitrogen and oxygen atoms in total. The molecule has 1 heterocycles. The van der Waals surface area contributed by atoms with Gasteiger partial charge in [0.15, 0.2) is 5.75 Å². The third-order valence-corrected chi connectivity index (χ3v) is 3.28. The lowest BCUT2D eigenvalue weighted by atomic mass is 9.86. The average molecular weight is 225 g/mol. The quantitative estimate of drug-likeness (QED) is 0.815. The molecule has 0 amide bonds. The Kier molecular flexibility index (Phi) is 2.90. The van der Waals surface area contributed by atoms with E-state index in [1.54, 1.807) is 7.11 Å². The summed E-state index contributed by atoms with van der Waals surface area (Å²) < 4.78 is 13.0. The number of hydrogen-bond acceptors (Lipinski definition) is 4. The second kappa shape index (κ2) is 4.07. The number of rotatable bonds is 3. The molecule has 0 saturated heterocycles. The molecule has 2 rings (SSSR count). The van der Waals surface area contributed by atoms with Crippen LogP contribution >= 0.6 is 0 Å². The van der Waals surface area contributed by atoms with E-state index in [1.807, 2.05) is 25.6 Å². The summed E-state index contributed by atoms with van der Waals surface area (Å²) >= 11 is 0. The molecule has 0 spiro atoms. The molecule has 0 bridgehead atoms. The van der Waals surface area contributed by atoms with Gasteiger partial charge in [-0.15, -0.1) is 0 Å². The first-order valence-electron chi connectivity index (χ1n) is 5.49. The van der Waals surface area contributed by atoms with E-state index in [0.29, 0.717) is 0 Å². The standard InChI is InChI=1S/C11H19N3O2/c1-6-10(7(2)14(3)13-6)16-9-5-8(12)11(9)15-4/h8-9,11H,5,12H2,1-4H3. The van der Waals surface area contributed by atoms with E-state index in [0.717, 1.165) is 23.6 Å². The summed E-state index contributed by atoms with van der Waals surface area (Å²) in [4.78, 5) is 0. The maximum atomic E-state index is 5.92. The molecule has 90 valence electrons. The Balaban J connectivity index is 2.10. The minimum atomic E-state index is -0.000920. The SMILES string of the molecule is COC1C(N)CC1Oc1c(C)nn(C)c1C. The minimum absolute atomic E-state index is 0.000920. The summed E-state index contributed by atoms with van der Waals surface area (Å²) in [6.07, 6.45) is 0.896. The van der Waals surface area contributed by atoms with Crippen molar-refractivity contribution in [2.24, 2.45) is 12.8 Å². The largest absolute Gasteiger partial charge is 0.484 e. The molecule has 1 saturated carbocycles. The van der Waals surface area contributed by atoms with E-state index in [1.165, 1.54) is 0 Å². The van der Waals surface area contributed by atoms with Crippen molar-refractivity contribution in [2.45, 2.75) is 38.5 Å². The van der Waals surface area contributed by atoms with Gasteiger partial charge in [0.25, 0.3) is 0 Å². The number of methoxy groups -OCH3 is 1. The average Bonchev–Trinajstić information content (AvgIpc) is 2.44. The summed E-state index contributed by atoms with van der Waals surface area (Å²) in [6, 6.07) is 0.0901. The maximum Gasteiger partial charge on any atom is 0.163 e. The number of nitrogens with two attached hydrogens (primary N) is 1. The van der Waals surface area contributed by atoms with E-state index in [4.69, 9.17) is 15.2 Å². The maximum absolute atomic E-state index is 5.92. The van der Waals surface area contributed by atoms with Crippen molar-refractivity contribution in [1.29, 1.82) is 0 Å². The summed E-state index contributed by atoms with van der Waals surface area (Å²) in [5.74, 6) is 0.862. The van der Waals surface area contributed by atoms with Crippen LogP contribution in [0.1, 0.15) is 17.8 Å². The van der Waals surface area contributed by atoms with Gasteiger partial charge in [-0.1, -0.05) is 0 Å². The highest BCUT2D eigenvalue weighted by atomic mass is 16.5. The van der Waals surface area contributed by atoms with Crippen LogP contribution in [0.5, 0.6) is 5.75 Å². The predicted octanol–water partition coefficient (Wildman–Crippen LogP) is 0.530. The Morgan fingerprint density at radius 1 is 1.44 bits per heavy atom. The van der Waals surface area contributed by atoms with Crippen molar-refractivity contribution < 1.29 is 9.47 Å². The Labute approximate surface area is 95.5 Å². The summed E-state index contributed by atoms with van der Waals surface area (Å²) in [6.45, 7) is 3.94. The zero-order valence-electron chi connectivity index (χ0n) is 10.2. The minimum Gasteiger partial charge on any atom is -0.484 e. The van der Waals surface area contributed by atoms with Gasteiger partial charge in [-0.25, -0.2) is 0 Å². The number of hydrogen-bond donors (Lipinski definition) is 1. The Bertz CT molecular complexity index is 389. The number of nitrogens with zero attached hydrogens (tertiary/aromatic N) is 2. The van der Waals surface area contributed by atoms with E-state index in [9.17, 15) is 0 Å². The topological polar surface area (TPSA) is 62.3 Å². The van der Waals surface area contributed by atoms with Crippen molar-refractivity contribution >= 4 is 0 Å². The fourth-order valence-corrected chi connectivity index (χ4v) is 2.13. The van der Waals surface area contributed by atoms with Gasteiger partial charge in [-0.05, 0) is 13.8 Å². The molecule has 1 aromatic rings. The lowest BCUT2D eigenvalue weighted by Crippen LogP contribution is -2.59. The van der Waals surface area contributed by atoms with E-state index in [2.05, 4.69) is 5.10 Å². The number of aromatic nitrogens is 2. The molecule has 1 aliphatic rings. The second-order valence-corrected chi connectivity index (χ2v) is 4.38. The fourth-order valence-electron chi connectivity index (χ4n) is 2.13. The van der Waals surface area contributed by atoms with Gasteiger partial charge in [-0.2, -0.15) is 5.10 Å². The van der Waals surface area contributed by atoms with Gasteiger partial charge in [0.1, 0.15) is 17.9 Å². The van der Waals surface area contributed by atoms with Crippen LogP contribution in [0.4, 0.5) is 0 Å². The molecule has 0 radical (unpaired) electrons. The molecule has 1 aliphatic carbocycles. The van der Waals surface area contributed by atoms with Crippen molar-refractivity contribution in [2.75, 3.05) is 7.11 Å². The van der Waals surface area contributed by atoms with Gasteiger partial charge in [0.2, 0.25) is 0 Å². The smallest absolute Gasteiger partial charge is 0.163 e. The van der Waals surface area contributed by atoms with E-state index < -0.39 is 0 Å². The summed E-state index contributed by atoms with van der Waals surface area (Å²) in [7, 11) is 3.58. The van der Waals surface area contributed by atoms with E-state index >= 15 is 0 Å². The molecular formula is C11H19N3O2. The first-order valence-corrected chi connectivity index (χ1v) is 5.49. The lowest BCUT2D eigenvalue weighted by Gasteiger charge is -2.40. The highest BCUT2D eigenvalue weighted by Crippen LogP contribution is 2.30. The van der Waals surface area contributed by atoms with Crippen LogP contribution in [0.2, 0.25) is 0 Å². The van der Waals surface area contributed by atoms with Crippen LogP contribution in [0.15, 0.2) is 0 Å². The molecule has 1 fully saturated rings. The monoisotopic (exact) mass is 225 g/mol. The summed E-state index contributed by atoms with van der Waals surface area (Å²) in [5.41, 5.74) is 7.78. The molecule has 0 aromatic carbocycles. The van der Waals surface area contributed by atoms with Crippen molar-refractivity contribution in [3.05, 3.63) is 11.4 Å². The second-order valence-electron chi connectivity index (χ2n) is 4.38. The van der Waals surface area contributed by atoms with Crippen LogP contribution in [-0.2, 0) is 11.8 Å². The highest BCUT2D eigenvalue weighted by molar-refractivity contribution is 5.32. The van der Waals surface area contributed by atoms with Crippen LogP contribution < -0.4 is 10.5 Å². The third-order valence-electron chi connectivity index (χ3n) is 3.28. The fraction of sp³-hybridized carbons (Fsp3) is 0.727. The van der Waals surface area contributed by atoms with Gasteiger partial charge in [-0.3, -0.25) is 4.68 Å². The van der Waals surface area contributed by atoms with Gasteiger partial charge < -0.3 is 15.2 Å².